The van der Waals surface area contributed by atoms with Crippen LogP contribution in [0.25, 0.3) is 0 Å². The van der Waals surface area contributed by atoms with E-state index >= 15 is 0 Å². The van der Waals surface area contributed by atoms with Gasteiger partial charge in [-0.3, -0.25) is 9.59 Å². The molecule has 0 aromatic carbocycles. The summed E-state index contributed by atoms with van der Waals surface area (Å²) in [5.74, 6) is -2.27. The summed E-state index contributed by atoms with van der Waals surface area (Å²) < 4.78 is 22.7. The predicted octanol–water partition coefficient (Wildman–Crippen LogP) is 16.2. The Labute approximate surface area is 433 Å². The van der Waals surface area contributed by atoms with Gasteiger partial charge in [0.1, 0.15) is 13.2 Å². The van der Waals surface area contributed by atoms with Gasteiger partial charge in [-0.05, 0) is 64.2 Å². The number of likely N-dealkylation sites (N-methyl/N-ethyl adjacent to an activating group) is 1. The predicted molar refractivity (Wildman–Crippen MR) is 293 cm³/mol. The van der Waals surface area contributed by atoms with Crippen molar-refractivity contribution in [2.24, 2.45) is 0 Å². The van der Waals surface area contributed by atoms with Gasteiger partial charge in [0.05, 0.1) is 40.3 Å². The van der Waals surface area contributed by atoms with Crippen molar-refractivity contribution >= 4 is 17.9 Å². The van der Waals surface area contributed by atoms with Crippen LogP contribution in [0.2, 0.25) is 0 Å². The second kappa shape index (κ2) is 53.1. The van der Waals surface area contributed by atoms with Crippen molar-refractivity contribution in [3.8, 4) is 0 Å². The fraction of sp³-hybridized carbons (Fsp3) is 0.885. The van der Waals surface area contributed by atoms with E-state index in [9.17, 15) is 19.5 Å². The highest BCUT2D eigenvalue weighted by Gasteiger charge is 2.22. The molecule has 0 aromatic heterocycles. The van der Waals surface area contributed by atoms with Crippen molar-refractivity contribution in [2.75, 3.05) is 47.5 Å². The number of carboxylic acids is 1. The fourth-order valence-corrected chi connectivity index (χ4v) is 8.76. The molecule has 0 heterocycles. The first kappa shape index (κ1) is 67.8. The fourth-order valence-electron chi connectivity index (χ4n) is 8.76. The molecule has 412 valence electrons. The molecular formula is C61H115NO8. The van der Waals surface area contributed by atoms with Crippen molar-refractivity contribution in [1.29, 1.82) is 0 Å². The minimum Gasteiger partial charge on any atom is -0.545 e. The van der Waals surface area contributed by atoms with E-state index in [0.717, 1.165) is 32.1 Å². The van der Waals surface area contributed by atoms with E-state index in [1.807, 2.05) is 21.1 Å². The number of carbonyl (C=O) groups is 3. The first-order valence-electron chi connectivity index (χ1n) is 30.0. The summed E-state index contributed by atoms with van der Waals surface area (Å²) >= 11 is 0. The average Bonchev–Trinajstić information content (AvgIpc) is 3.33. The third kappa shape index (κ3) is 53.6. The molecule has 2 unspecified atom stereocenters. The number of nitrogens with zero attached hydrogens (tertiary/aromatic N) is 1. The minimum atomic E-state index is -1.62. The van der Waals surface area contributed by atoms with Crippen molar-refractivity contribution in [2.45, 2.75) is 302 Å². The van der Waals surface area contributed by atoms with E-state index in [1.165, 1.54) is 225 Å². The number of hydrogen-bond donors (Lipinski definition) is 0. The molecule has 0 aliphatic rings. The molecule has 0 amide bonds. The molecule has 0 bridgehead atoms. The number of unbranched alkanes of at least 4 members (excludes halogenated alkanes) is 37. The first-order chi connectivity index (χ1) is 34.1. The quantitative estimate of drug-likeness (QED) is 0.0195. The zero-order chi connectivity index (χ0) is 51.3. The van der Waals surface area contributed by atoms with E-state index in [2.05, 4.69) is 38.2 Å². The molecule has 0 fully saturated rings. The van der Waals surface area contributed by atoms with Crippen LogP contribution in [0.15, 0.2) is 24.3 Å². The summed E-state index contributed by atoms with van der Waals surface area (Å²) in [4.78, 5) is 37.3. The molecule has 0 N–H and O–H groups in total. The van der Waals surface area contributed by atoms with Crippen molar-refractivity contribution in [1.82, 2.24) is 0 Å². The van der Waals surface area contributed by atoms with Crippen molar-refractivity contribution in [3.63, 3.8) is 0 Å². The molecule has 9 heteroatoms. The van der Waals surface area contributed by atoms with E-state index in [-0.39, 0.29) is 32.2 Å². The van der Waals surface area contributed by atoms with Crippen LogP contribution in [0.3, 0.4) is 0 Å². The Balaban J connectivity index is 4.17. The lowest BCUT2D eigenvalue weighted by molar-refractivity contribution is -0.870. The number of carboxylic acid groups (broad SMARTS) is 1. The molecule has 70 heavy (non-hydrogen) atoms. The van der Waals surface area contributed by atoms with Gasteiger partial charge in [-0.2, -0.15) is 0 Å². The van der Waals surface area contributed by atoms with Crippen LogP contribution in [-0.4, -0.2) is 82.3 Å². The lowest BCUT2D eigenvalue weighted by Crippen LogP contribution is -2.44. The number of quaternary nitrogens is 1. The Morgan fingerprint density at radius 3 is 1.06 bits per heavy atom. The number of allylic oxidation sites excluding steroid dienone is 4. The largest absolute Gasteiger partial charge is 0.545 e. The number of rotatable bonds is 56. The molecule has 0 spiro atoms. The van der Waals surface area contributed by atoms with Gasteiger partial charge < -0.3 is 33.3 Å². The van der Waals surface area contributed by atoms with E-state index < -0.39 is 24.3 Å². The summed E-state index contributed by atoms with van der Waals surface area (Å²) in [5, 5.41) is 11.8. The van der Waals surface area contributed by atoms with Crippen LogP contribution in [-0.2, 0) is 33.3 Å². The second-order valence-electron chi connectivity index (χ2n) is 21.6. The Bertz CT molecular complexity index is 1200. The van der Waals surface area contributed by atoms with E-state index in [4.69, 9.17) is 18.9 Å². The third-order valence-corrected chi connectivity index (χ3v) is 13.4. The number of aliphatic carboxylic acids is 1. The first-order valence-corrected chi connectivity index (χ1v) is 30.0. The number of carbonyl (C=O) groups excluding carboxylic acids is 3. The number of ether oxygens (including phenoxy) is 4. The summed E-state index contributed by atoms with van der Waals surface area (Å²) in [5.41, 5.74) is 0. The van der Waals surface area contributed by atoms with Gasteiger partial charge in [0.2, 0.25) is 0 Å². The molecular weight excluding hydrogens is 875 g/mol. The van der Waals surface area contributed by atoms with E-state index in [0.29, 0.717) is 23.9 Å². The van der Waals surface area contributed by atoms with Crippen LogP contribution >= 0.6 is 0 Å². The van der Waals surface area contributed by atoms with Crippen LogP contribution in [0.5, 0.6) is 0 Å². The van der Waals surface area contributed by atoms with Gasteiger partial charge in [0.25, 0.3) is 0 Å². The summed E-state index contributed by atoms with van der Waals surface area (Å²) in [6, 6.07) is 0. The van der Waals surface area contributed by atoms with Crippen LogP contribution in [0.4, 0.5) is 0 Å². The van der Waals surface area contributed by atoms with Gasteiger partial charge in [-0.15, -0.1) is 0 Å². The third-order valence-electron chi connectivity index (χ3n) is 13.4. The number of esters is 2. The van der Waals surface area contributed by atoms with E-state index in [1.54, 1.807) is 0 Å². The van der Waals surface area contributed by atoms with Gasteiger partial charge in [0.15, 0.2) is 12.4 Å². The molecule has 0 aliphatic carbocycles. The van der Waals surface area contributed by atoms with Crippen LogP contribution in [0, 0.1) is 0 Å². The van der Waals surface area contributed by atoms with Gasteiger partial charge in [-0.25, -0.2) is 0 Å². The average molecular weight is 991 g/mol. The topological polar surface area (TPSA) is 111 Å². The zero-order valence-corrected chi connectivity index (χ0v) is 46.9. The maximum atomic E-state index is 12.9. The van der Waals surface area contributed by atoms with Gasteiger partial charge in [-0.1, -0.05) is 237 Å². The smallest absolute Gasteiger partial charge is 0.306 e. The lowest BCUT2D eigenvalue weighted by atomic mass is 10.0. The molecule has 9 nitrogen and oxygen atoms in total. The number of hydrogen-bond acceptors (Lipinski definition) is 8. The highest BCUT2D eigenvalue weighted by Crippen LogP contribution is 2.17. The summed E-state index contributed by atoms with van der Waals surface area (Å²) in [6.07, 6.45) is 59.4. The molecule has 0 saturated carbocycles. The lowest BCUT2D eigenvalue weighted by Gasteiger charge is -2.26. The Hall–Kier alpha value is -2.23. The summed E-state index contributed by atoms with van der Waals surface area (Å²) in [7, 11) is 5.93. The van der Waals surface area contributed by atoms with Gasteiger partial charge in [0, 0.05) is 12.8 Å². The maximum absolute atomic E-state index is 12.9. The Morgan fingerprint density at radius 1 is 0.414 bits per heavy atom. The summed E-state index contributed by atoms with van der Waals surface area (Å²) in [6.45, 7) is 4.79. The normalized spacial score (nSPS) is 12.9. The second-order valence-corrected chi connectivity index (χ2v) is 21.6. The molecule has 0 saturated heterocycles. The SMILES string of the molecule is CCCCCCCCC/C=C\CCCCCCCCCC(=O)OCC(COC(OCC[N+](C)(C)C)C(=O)[O-])OC(=O)CCCCCCCCCCCCCCCCC/C=C\CCCCCCCCCC. The molecule has 0 aromatic rings. The van der Waals surface area contributed by atoms with Crippen LogP contribution < -0.4 is 5.11 Å². The highest BCUT2D eigenvalue weighted by molar-refractivity contribution is 5.70. The zero-order valence-electron chi connectivity index (χ0n) is 46.9. The maximum Gasteiger partial charge on any atom is 0.306 e. The molecule has 0 rings (SSSR count). The highest BCUT2D eigenvalue weighted by atomic mass is 16.7. The van der Waals surface area contributed by atoms with Crippen molar-refractivity contribution in [3.05, 3.63) is 24.3 Å². The molecule has 0 aliphatic heterocycles. The minimum absolute atomic E-state index is 0.149. The Kier molecular flexibility index (Phi) is 51.4. The monoisotopic (exact) mass is 990 g/mol. The van der Waals surface area contributed by atoms with Crippen LogP contribution in [0.1, 0.15) is 290 Å². The Morgan fingerprint density at radius 2 is 0.729 bits per heavy atom. The van der Waals surface area contributed by atoms with Gasteiger partial charge >= 0.3 is 11.9 Å². The van der Waals surface area contributed by atoms with Crippen molar-refractivity contribution < 1.29 is 42.9 Å². The molecule has 0 radical (unpaired) electrons. The molecule has 2 atom stereocenters. The standard InChI is InChI=1S/C61H115NO8/c1-6-8-10-12-14-16-18-20-22-24-26-27-28-29-30-31-32-33-34-36-38-40-42-44-46-48-50-52-59(64)70-57(56-69-61(60(65)66)67-54-53-62(3,4)5)55-68-58(63)51-49-47-45-43-41-39-37-35-25-23-21-19-17-15-13-11-9-7-2/h23-26,57,61H,6-22,27-56H2,1-5H3/b25-23-,26-24-.